The Bertz CT molecular complexity index is 1340. The van der Waals surface area contributed by atoms with Gasteiger partial charge < -0.3 is 4.74 Å². The van der Waals surface area contributed by atoms with Gasteiger partial charge >= 0.3 is 0 Å². The Morgan fingerprint density at radius 2 is 1.86 bits per heavy atom. The summed E-state index contributed by atoms with van der Waals surface area (Å²) >= 11 is 0. The Hall–Kier alpha value is -3.50. The van der Waals surface area contributed by atoms with E-state index in [1.807, 2.05) is 48.5 Å². The van der Waals surface area contributed by atoms with E-state index in [1.54, 1.807) is 6.07 Å². The van der Waals surface area contributed by atoms with Gasteiger partial charge in [0.25, 0.3) is 5.91 Å². The van der Waals surface area contributed by atoms with E-state index in [1.165, 1.54) is 30.0 Å². The first-order valence-electron chi connectivity index (χ1n) is 11.6. The first-order valence-corrected chi connectivity index (χ1v) is 13.1. The Morgan fingerprint density at radius 3 is 2.56 bits per heavy atom. The number of amides is 1. The molecule has 9 heteroatoms. The van der Waals surface area contributed by atoms with Gasteiger partial charge in [0.05, 0.1) is 13.2 Å². The molecule has 1 aromatic heterocycles. The van der Waals surface area contributed by atoms with Gasteiger partial charge in [-0.3, -0.25) is 18.9 Å². The lowest BCUT2D eigenvalue weighted by molar-refractivity contribution is -0.124. The summed E-state index contributed by atoms with van der Waals surface area (Å²) in [4.78, 5) is 13.5. The molecule has 0 saturated carbocycles. The Labute approximate surface area is 211 Å². The molecule has 0 radical (unpaired) electrons. The van der Waals surface area contributed by atoms with Crippen molar-refractivity contribution in [2.45, 2.75) is 11.8 Å². The topological polar surface area (TPSA) is 101 Å². The molecule has 2 N–H and O–H groups in total. The molecular weight excluding hydrogens is 478 g/mol. The molecule has 2 heterocycles. The fourth-order valence-corrected chi connectivity index (χ4v) is 5.76. The fourth-order valence-electron chi connectivity index (χ4n) is 4.21. The van der Waals surface area contributed by atoms with Crippen LogP contribution in [0.5, 0.6) is 0 Å². The van der Waals surface area contributed by atoms with E-state index in [9.17, 15) is 13.2 Å². The molecule has 188 valence electrons. The number of nitrogens with one attached hydrogen (secondary N) is 1. The molecule has 8 nitrogen and oxygen atoms in total. The van der Waals surface area contributed by atoms with Crippen LogP contribution in [0.25, 0.3) is 17.2 Å². The zero-order valence-electron chi connectivity index (χ0n) is 19.8. The molecule has 1 amide bonds. The second-order valence-electron chi connectivity index (χ2n) is 8.45. The predicted molar refractivity (Wildman–Crippen MR) is 139 cm³/mol. The van der Waals surface area contributed by atoms with Gasteiger partial charge in [-0.1, -0.05) is 48.5 Å². The molecule has 2 aromatic carbocycles. The van der Waals surface area contributed by atoms with Gasteiger partial charge in [-0.05, 0) is 46.0 Å². The number of hydrogen-bond donors (Lipinski definition) is 2. The van der Waals surface area contributed by atoms with Crippen LogP contribution in [0, 0.1) is 0 Å². The van der Waals surface area contributed by atoms with E-state index < -0.39 is 21.2 Å². The maximum atomic E-state index is 13.8. The summed E-state index contributed by atoms with van der Waals surface area (Å²) in [6.45, 7) is 7.33. The predicted octanol–water partition coefficient (Wildman–Crippen LogP) is 3.61. The van der Waals surface area contributed by atoms with Crippen LogP contribution in [0.2, 0.25) is 0 Å². The molecule has 1 aliphatic rings. The number of rotatable bonds is 9. The summed E-state index contributed by atoms with van der Waals surface area (Å²) < 4.78 is 34.2. The highest BCUT2D eigenvalue weighted by atomic mass is 32.2. The monoisotopic (exact) mass is 507 g/mol. The van der Waals surface area contributed by atoms with Crippen LogP contribution >= 0.6 is 0 Å². The molecular formula is C27H29N3O5S. The second-order valence-corrected chi connectivity index (χ2v) is 10.4. The van der Waals surface area contributed by atoms with Crippen molar-refractivity contribution < 1.29 is 23.2 Å². The Morgan fingerprint density at radius 1 is 1.11 bits per heavy atom. The summed E-state index contributed by atoms with van der Waals surface area (Å²) in [5, 5.41) is 7.65. The van der Waals surface area contributed by atoms with Crippen molar-refractivity contribution in [2.75, 3.05) is 26.3 Å². The van der Waals surface area contributed by atoms with E-state index >= 15 is 0 Å². The SMILES string of the molecule is C=CC(c1cc(-c2ccccc2)ccc1CN1CCOCC1)S(=O)(=O)n1ccc(/C=C/C(=O)NO)c1. The van der Waals surface area contributed by atoms with Gasteiger partial charge in [0.15, 0.2) is 0 Å². The fraction of sp³-hybridized carbons (Fsp3) is 0.222. The molecule has 1 fully saturated rings. The second kappa shape index (κ2) is 11.5. The largest absolute Gasteiger partial charge is 0.379 e. The first-order chi connectivity index (χ1) is 17.4. The lowest BCUT2D eigenvalue weighted by atomic mass is 9.96. The van der Waals surface area contributed by atoms with Crippen molar-refractivity contribution in [3.05, 3.63) is 102 Å². The molecule has 1 saturated heterocycles. The van der Waals surface area contributed by atoms with Crippen molar-refractivity contribution in [3.8, 4) is 11.1 Å². The normalized spacial score (nSPS) is 15.6. The number of aromatic nitrogens is 1. The highest BCUT2D eigenvalue weighted by Crippen LogP contribution is 2.33. The Balaban J connectivity index is 1.73. The number of morpholine rings is 1. The van der Waals surface area contributed by atoms with Crippen LogP contribution in [0.1, 0.15) is 21.9 Å². The van der Waals surface area contributed by atoms with Gasteiger partial charge in [-0.25, -0.2) is 13.9 Å². The van der Waals surface area contributed by atoms with Gasteiger partial charge in [0.1, 0.15) is 5.25 Å². The molecule has 1 atom stereocenters. The van der Waals surface area contributed by atoms with E-state index in [0.29, 0.717) is 30.9 Å². The lowest BCUT2D eigenvalue weighted by Gasteiger charge is -2.28. The molecule has 1 aliphatic heterocycles. The third kappa shape index (κ3) is 5.83. The molecule has 0 spiro atoms. The zero-order valence-corrected chi connectivity index (χ0v) is 20.6. The molecule has 3 aromatic rings. The summed E-state index contributed by atoms with van der Waals surface area (Å²) in [7, 11) is -3.92. The quantitative estimate of drug-likeness (QED) is 0.199. The van der Waals surface area contributed by atoms with Gasteiger partial charge in [0.2, 0.25) is 10.0 Å². The van der Waals surface area contributed by atoms with Crippen LogP contribution in [0.4, 0.5) is 0 Å². The van der Waals surface area contributed by atoms with Gasteiger partial charge in [-0.15, -0.1) is 6.58 Å². The van der Waals surface area contributed by atoms with Crippen molar-refractivity contribution in [1.29, 1.82) is 0 Å². The van der Waals surface area contributed by atoms with Crippen LogP contribution in [-0.4, -0.2) is 54.7 Å². The number of carbonyl (C=O) groups is 1. The standard InChI is InChI=1S/C27H29N3O5S/c1-2-26(36(33,34)30-13-12-21(19-30)8-11-27(31)28-32)25-18-23(22-6-4-3-5-7-22)9-10-24(25)20-29-14-16-35-17-15-29/h2-13,18-19,26,32H,1,14-17,20H2,(H,28,31)/b11-8+. The minimum atomic E-state index is -3.92. The van der Waals surface area contributed by atoms with E-state index in [-0.39, 0.29) is 0 Å². The average molecular weight is 508 g/mol. The first kappa shape index (κ1) is 25.6. The number of ether oxygens (including phenoxy) is 1. The average Bonchev–Trinajstić information content (AvgIpc) is 3.40. The maximum absolute atomic E-state index is 13.8. The minimum absolute atomic E-state index is 0.497. The van der Waals surface area contributed by atoms with Crippen molar-refractivity contribution in [3.63, 3.8) is 0 Å². The smallest absolute Gasteiger partial charge is 0.267 e. The van der Waals surface area contributed by atoms with E-state index in [2.05, 4.69) is 11.5 Å². The zero-order chi connectivity index (χ0) is 25.5. The van der Waals surface area contributed by atoms with Crippen LogP contribution in [0.15, 0.2) is 85.7 Å². The van der Waals surface area contributed by atoms with Crippen molar-refractivity contribution in [1.82, 2.24) is 14.4 Å². The van der Waals surface area contributed by atoms with E-state index in [0.717, 1.165) is 39.8 Å². The maximum Gasteiger partial charge on any atom is 0.267 e. The van der Waals surface area contributed by atoms with Crippen LogP contribution in [0.3, 0.4) is 0 Å². The van der Waals surface area contributed by atoms with Crippen molar-refractivity contribution >= 4 is 22.0 Å². The third-order valence-corrected chi connectivity index (χ3v) is 8.02. The lowest BCUT2D eigenvalue weighted by Crippen LogP contribution is -2.36. The number of carbonyl (C=O) groups excluding carboxylic acids is 1. The molecule has 0 aliphatic carbocycles. The molecule has 0 bridgehead atoms. The summed E-state index contributed by atoms with van der Waals surface area (Å²) in [6, 6.07) is 17.4. The number of hydroxylamine groups is 1. The van der Waals surface area contributed by atoms with Crippen LogP contribution < -0.4 is 5.48 Å². The van der Waals surface area contributed by atoms with Gasteiger partial charge in [-0.2, -0.15) is 0 Å². The molecule has 36 heavy (non-hydrogen) atoms. The summed E-state index contributed by atoms with van der Waals surface area (Å²) in [6.07, 6.45) is 6.85. The highest BCUT2D eigenvalue weighted by Gasteiger charge is 2.29. The number of nitrogens with zero attached hydrogens (tertiary/aromatic N) is 2. The molecule has 1 unspecified atom stereocenters. The van der Waals surface area contributed by atoms with Crippen molar-refractivity contribution in [2.24, 2.45) is 0 Å². The van der Waals surface area contributed by atoms with Crippen LogP contribution in [-0.2, 0) is 26.1 Å². The number of benzene rings is 2. The minimum Gasteiger partial charge on any atom is -0.379 e. The molecule has 4 rings (SSSR count). The third-order valence-electron chi connectivity index (χ3n) is 6.11. The van der Waals surface area contributed by atoms with E-state index in [4.69, 9.17) is 9.94 Å². The summed E-state index contributed by atoms with van der Waals surface area (Å²) in [5.41, 5.74) is 5.50. The highest BCUT2D eigenvalue weighted by molar-refractivity contribution is 7.90. The number of hydrogen-bond acceptors (Lipinski definition) is 6. The summed E-state index contributed by atoms with van der Waals surface area (Å²) in [5.74, 6) is -0.708. The van der Waals surface area contributed by atoms with Gasteiger partial charge in [0, 0.05) is 38.1 Å². The Kier molecular flexibility index (Phi) is 8.17.